The number of para-hydroxylation sites is 1. The largest absolute Gasteiger partial charge is 0.354 e. The van der Waals surface area contributed by atoms with Gasteiger partial charge in [0.25, 0.3) is 0 Å². The number of nitrogens with zero attached hydrogens (tertiary/aromatic N) is 6. The number of fused-ring (bicyclic) bond motifs is 1. The van der Waals surface area contributed by atoms with Crippen molar-refractivity contribution in [2.45, 2.75) is 72.6 Å². The fourth-order valence-corrected chi connectivity index (χ4v) is 5.08. The Labute approximate surface area is 209 Å². The van der Waals surface area contributed by atoms with Gasteiger partial charge in [-0.15, -0.1) is 0 Å². The third-order valence-corrected chi connectivity index (χ3v) is 7.06. The summed E-state index contributed by atoms with van der Waals surface area (Å²) in [5, 5.41) is 5.89. The number of carbonyl (C=O) groups excluding carboxylic acids is 1. The maximum absolute atomic E-state index is 13.3. The molecule has 1 atom stereocenters. The minimum Gasteiger partial charge on any atom is -0.354 e. The van der Waals surface area contributed by atoms with E-state index in [4.69, 9.17) is 15.1 Å². The van der Waals surface area contributed by atoms with E-state index in [1.807, 2.05) is 29.8 Å². The molecular formula is C28H40N6O. The van der Waals surface area contributed by atoms with Crippen LogP contribution in [0.2, 0.25) is 0 Å². The van der Waals surface area contributed by atoms with E-state index in [0.29, 0.717) is 5.91 Å². The van der Waals surface area contributed by atoms with Gasteiger partial charge in [-0.1, -0.05) is 51.8 Å². The van der Waals surface area contributed by atoms with Gasteiger partial charge in [0.15, 0.2) is 5.65 Å². The summed E-state index contributed by atoms with van der Waals surface area (Å²) in [7, 11) is 0. The van der Waals surface area contributed by atoms with E-state index in [2.05, 4.69) is 42.7 Å². The van der Waals surface area contributed by atoms with E-state index in [9.17, 15) is 4.79 Å². The maximum atomic E-state index is 13.3. The Morgan fingerprint density at radius 2 is 1.80 bits per heavy atom. The molecule has 0 aliphatic carbocycles. The lowest BCUT2D eigenvalue weighted by Crippen LogP contribution is -2.39. The number of aromatic nitrogens is 4. The molecule has 1 saturated heterocycles. The lowest BCUT2D eigenvalue weighted by Gasteiger charge is -2.26. The van der Waals surface area contributed by atoms with Gasteiger partial charge in [-0.25, -0.2) is 14.6 Å². The molecule has 0 saturated carbocycles. The lowest BCUT2D eigenvalue weighted by atomic mass is 9.97. The Morgan fingerprint density at radius 1 is 1.00 bits per heavy atom. The molecule has 1 fully saturated rings. The van der Waals surface area contributed by atoms with Crippen molar-refractivity contribution < 1.29 is 4.79 Å². The molecule has 7 heteroatoms. The van der Waals surface area contributed by atoms with E-state index >= 15 is 0 Å². The van der Waals surface area contributed by atoms with Gasteiger partial charge in [0, 0.05) is 38.5 Å². The maximum Gasteiger partial charge on any atom is 0.225 e. The number of aryl methyl sites for hydroxylation is 2. The Hall–Kier alpha value is -2.96. The van der Waals surface area contributed by atoms with Crippen molar-refractivity contribution in [3.63, 3.8) is 0 Å². The molecule has 1 amide bonds. The molecule has 188 valence electrons. The monoisotopic (exact) mass is 476 g/mol. The summed E-state index contributed by atoms with van der Waals surface area (Å²) in [6.45, 7) is 11.7. The molecule has 1 aromatic carbocycles. The van der Waals surface area contributed by atoms with Gasteiger partial charge in [0.1, 0.15) is 11.6 Å². The summed E-state index contributed by atoms with van der Waals surface area (Å²) in [6, 6.07) is 10.2. The minimum atomic E-state index is 0.148. The number of unbranched alkanes of at least 4 members (excludes halogenated alkanes) is 1. The Kier molecular flexibility index (Phi) is 8.37. The van der Waals surface area contributed by atoms with Crippen molar-refractivity contribution in [2.24, 2.45) is 5.92 Å². The molecule has 35 heavy (non-hydrogen) atoms. The van der Waals surface area contributed by atoms with E-state index in [0.717, 1.165) is 105 Å². The number of hydrogen-bond acceptors (Lipinski definition) is 5. The molecule has 0 bridgehead atoms. The summed E-state index contributed by atoms with van der Waals surface area (Å²) in [6.07, 6.45) is 6.93. The first kappa shape index (κ1) is 25.1. The Bertz CT molecular complexity index is 1130. The van der Waals surface area contributed by atoms with Crippen molar-refractivity contribution in [1.82, 2.24) is 24.6 Å². The van der Waals surface area contributed by atoms with Crippen LogP contribution in [0.5, 0.6) is 0 Å². The number of anilines is 1. The Morgan fingerprint density at radius 3 is 2.51 bits per heavy atom. The van der Waals surface area contributed by atoms with E-state index in [1.165, 1.54) is 0 Å². The molecule has 0 radical (unpaired) electrons. The zero-order valence-corrected chi connectivity index (χ0v) is 21.8. The van der Waals surface area contributed by atoms with Crippen LogP contribution in [-0.2, 0) is 11.2 Å². The summed E-state index contributed by atoms with van der Waals surface area (Å²) in [5.74, 6) is 2.30. The van der Waals surface area contributed by atoms with Crippen molar-refractivity contribution in [3.05, 3.63) is 41.9 Å². The third kappa shape index (κ3) is 5.49. The fraction of sp³-hybridized carbons (Fsp3) is 0.571. The summed E-state index contributed by atoms with van der Waals surface area (Å²) in [4.78, 5) is 27.7. The predicted molar refractivity (Wildman–Crippen MR) is 142 cm³/mol. The molecule has 0 spiro atoms. The summed E-state index contributed by atoms with van der Waals surface area (Å²) < 4.78 is 1.95. The van der Waals surface area contributed by atoms with Gasteiger partial charge in [-0.2, -0.15) is 5.10 Å². The van der Waals surface area contributed by atoms with Crippen LogP contribution in [0.25, 0.3) is 16.7 Å². The first-order chi connectivity index (χ1) is 17.1. The molecule has 1 aliphatic heterocycles. The molecule has 0 unspecified atom stereocenters. The number of amides is 1. The van der Waals surface area contributed by atoms with E-state index in [-0.39, 0.29) is 5.92 Å². The highest BCUT2D eigenvalue weighted by Gasteiger charge is 2.27. The second-order valence-electron chi connectivity index (χ2n) is 9.66. The summed E-state index contributed by atoms with van der Waals surface area (Å²) >= 11 is 0. The average molecular weight is 477 g/mol. The van der Waals surface area contributed by atoms with Crippen LogP contribution in [0.15, 0.2) is 30.3 Å². The zero-order valence-electron chi connectivity index (χ0n) is 21.8. The van der Waals surface area contributed by atoms with Crippen LogP contribution in [-0.4, -0.2) is 56.7 Å². The first-order valence-electron chi connectivity index (χ1n) is 13.4. The van der Waals surface area contributed by atoms with Gasteiger partial charge in [-0.05, 0) is 44.7 Å². The van der Waals surface area contributed by atoms with Crippen molar-refractivity contribution in [2.75, 3.05) is 31.1 Å². The normalized spacial score (nSPS) is 15.4. The van der Waals surface area contributed by atoms with Gasteiger partial charge in [0.2, 0.25) is 5.91 Å². The predicted octanol–water partition coefficient (Wildman–Crippen LogP) is 5.33. The molecule has 0 N–H and O–H groups in total. The third-order valence-electron chi connectivity index (χ3n) is 7.06. The van der Waals surface area contributed by atoms with Crippen molar-refractivity contribution >= 4 is 22.8 Å². The highest BCUT2D eigenvalue weighted by Crippen LogP contribution is 2.30. The van der Waals surface area contributed by atoms with Gasteiger partial charge < -0.3 is 9.80 Å². The molecule has 4 rings (SSSR count). The Balaban J connectivity index is 1.65. The minimum absolute atomic E-state index is 0.148. The van der Waals surface area contributed by atoms with E-state index in [1.54, 1.807) is 0 Å². The van der Waals surface area contributed by atoms with Crippen LogP contribution in [0.3, 0.4) is 0 Å². The van der Waals surface area contributed by atoms with Gasteiger partial charge >= 0.3 is 0 Å². The van der Waals surface area contributed by atoms with Gasteiger partial charge in [0.05, 0.1) is 16.8 Å². The van der Waals surface area contributed by atoms with Crippen LogP contribution in [0.4, 0.5) is 5.82 Å². The van der Waals surface area contributed by atoms with E-state index < -0.39 is 0 Å². The highest BCUT2D eigenvalue weighted by molar-refractivity contribution is 5.91. The van der Waals surface area contributed by atoms with Crippen LogP contribution in [0, 0.1) is 12.8 Å². The number of benzene rings is 1. The molecular weight excluding hydrogens is 436 g/mol. The highest BCUT2D eigenvalue weighted by atomic mass is 16.2. The lowest BCUT2D eigenvalue weighted by molar-refractivity contribution is -0.135. The second-order valence-corrected chi connectivity index (χ2v) is 9.66. The average Bonchev–Trinajstić information content (AvgIpc) is 3.04. The molecule has 3 heterocycles. The van der Waals surface area contributed by atoms with Crippen molar-refractivity contribution in [3.8, 4) is 5.69 Å². The number of rotatable bonds is 9. The quantitative estimate of drug-likeness (QED) is 0.417. The summed E-state index contributed by atoms with van der Waals surface area (Å²) in [5.41, 5.74) is 2.80. The number of carbonyl (C=O) groups is 1. The standard InChI is InChI=1S/C28H40N6O/c1-5-8-14-22(7-3)28(35)33-18-12-17-32(19-20-33)26-25-21(4)31-34(23-15-10-9-11-16-23)27(25)30-24(29-26)13-6-2/h9-11,15-16,22H,5-8,12-14,17-20H2,1-4H3/t22-/m0/s1. The zero-order chi connectivity index (χ0) is 24.8. The smallest absolute Gasteiger partial charge is 0.225 e. The molecule has 1 aliphatic rings. The van der Waals surface area contributed by atoms with Crippen LogP contribution < -0.4 is 4.90 Å². The number of hydrogen-bond donors (Lipinski definition) is 0. The van der Waals surface area contributed by atoms with Gasteiger partial charge in [-0.3, -0.25) is 4.79 Å². The van der Waals surface area contributed by atoms with Crippen LogP contribution in [0.1, 0.15) is 70.8 Å². The van der Waals surface area contributed by atoms with Crippen molar-refractivity contribution in [1.29, 1.82) is 0 Å². The first-order valence-corrected chi connectivity index (χ1v) is 13.4. The topological polar surface area (TPSA) is 67.2 Å². The van der Waals surface area contributed by atoms with Crippen LogP contribution >= 0.6 is 0 Å². The SMILES string of the molecule is CCCC[C@H](CC)C(=O)N1CCCN(c2nc(CCC)nc3c2c(C)nn3-c2ccccc2)CC1. The second kappa shape index (κ2) is 11.6. The fourth-order valence-electron chi connectivity index (χ4n) is 5.08. The molecule has 2 aromatic heterocycles. The molecule has 7 nitrogen and oxygen atoms in total. The molecule has 3 aromatic rings.